The number of carbonyl (C=O) groups is 2. The minimum Gasteiger partial charge on any atom is -0.373 e. The molecule has 2 N–H and O–H groups in total. The average Bonchev–Trinajstić information content (AvgIpc) is 3.24. The average molecular weight is 562 g/mol. The standard InChI is InChI=1S/C12H8ClN3O.C8H15NO2.C7H15NO.C2H6/c13-7-3-9-8-1-2-14-5-11(8)16-12(9)10(4-7)15-6-17;1-8(2)7-9(3-5-10)4-6-11-8;1-6-4-8(3)5-7(2)9-6;1-2/h1-6,16H,(H,15,17);5H,3-4,6-7H2,1-2H3;6-7H,4-5H2,1-3H3;1-2H3. The highest BCUT2D eigenvalue weighted by Gasteiger charge is 2.26. The van der Waals surface area contributed by atoms with Crippen LogP contribution in [0.15, 0.2) is 30.6 Å². The molecule has 3 aromatic rings. The minimum absolute atomic E-state index is 0.0821. The largest absolute Gasteiger partial charge is 0.373 e. The Morgan fingerprint density at radius 2 is 1.87 bits per heavy atom. The quantitative estimate of drug-likeness (QED) is 0.433. The summed E-state index contributed by atoms with van der Waals surface area (Å²) in [4.78, 5) is 32.4. The van der Waals surface area contributed by atoms with Gasteiger partial charge in [0.15, 0.2) is 0 Å². The predicted molar refractivity (Wildman–Crippen MR) is 160 cm³/mol. The molecule has 2 saturated heterocycles. The number of carbonyl (C=O) groups excluding carboxylic acids is 2. The van der Waals surface area contributed by atoms with E-state index in [0.717, 1.165) is 60.9 Å². The molecule has 2 aliphatic rings. The molecule has 39 heavy (non-hydrogen) atoms. The summed E-state index contributed by atoms with van der Waals surface area (Å²) >= 11 is 6.03. The zero-order valence-electron chi connectivity index (χ0n) is 24.3. The molecule has 0 aliphatic carbocycles. The summed E-state index contributed by atoms with van der Waals surface area (Å²) in [6, 6.07) is 5.49. The number of nitrogens with one attached hydrogen (secondary N) is 2. The van der Waals surface area contributed by atoms with E-state index >= 15 is 0 Å². The highest BCUT2D eigenvalue weighted by atomic mass is 35.5. The van der Waals surface area contributed by atoms with Crippen molar-refractivity contribution < 1.29 is 19.1 Å². The second kappa shape index (κ2) is 15.9. The van der Waals surface area contributed by atoms with Crippen LogP contribution in [-0.2, 0) is 19.1 Å². The van der Waals surface area contributed by atoms with E-state index in [1.54, 1.807) is 18.5 Å². The highest BCUT2D eigenvalue weighted by molar-refractivity contribution is 6.32. The Morgan fingerprint density at radius 1 is 1.18 bits per heavy atom. The van der Waals surface area contributed by atoms with Crippen LogP contribution in [0.5, 0.6) is 0 Å². The zero-order valence-corrected chi connectivity index (χ0v) is 25.0. The summed E-state index contributed by atoms with van der Waals surface area (Å²) in [5, 5.41) is 5.22. The number of anilines is 1. The van der Waals surface area contributed by atoms with Crippen LogP contribution in [0.25, 0.3) is 21.8 Å². The maximum absolute atomic E-state index is 10.6. The van der Waals surface area contributed by atoms with Crippen LogP contribution in [-0.4, -0.2) is 96.7 Å². The fraction of sp³-hybridized carbons (Fsp3) is 0.552. The topological polar surface area (TPSA) is 99.8 Å². The number of pyridine rings is 1. The van der Waals surface area contributed by atoms with E-state index < -0.39 is 0 Å². The number of benzene rings is 1. The Bertz CT molecular complexity index is 1160. The maximum Gasteiger partial charge on any atom is 0.211 e. The molecule has 2 unspecified atom stereocenters. The van der Waals surface area contributed by atoms with Crippen molar-refractivity contribution in [2.45, 2.75) is 59.4 Å². The van der Waals surface area contributed by atoms with Gasteiger partial charge in [-0.05, 0) is 52.9 Å². The van der Waals surface area contributed by atoms with E-state index in [4.69, 9.17) is 21.1 Å². The molecule has 10 heteroatoms. The van der Waals surface area contributed by atoms with E-state index in [9.17, 15) is 9.59 Å². The van der Waals surface area contributed by atoms with E-state index in [1.807, 2.05) is 39.8 Å². The number of fused-ring (bicyclic) bond motifs is 3. The van der Waals surface area contributed by atoms with Crippen molar-refractivity contribution in [3.8, 4) is 0 Å². The number of likely N-dealkylation sites (N-methyl/N-ethyl adjacent to an activating group) is 1. The predicted octanol–water partition coefficient (Wildman–Crippen LogP) is 4.99. The summed E-state index contributed by atoms with van der Waals surface area (Å²) in [5.41, 5.74) is 2.35. The number of rotatable bonds is 4. The first-order valence-electron chi connectivity index (χ1n) is 13.5. The van der Waals surface area contributed by atoms with Crippen LogP contribution in [0.4, 0.5) is 5.69 Å². The second-order valence-corrected chi connectivity index (χ2v) is 10.6. The third-order valence-corrected chi connectivity index (χ3v) is 6.35. The molecule has 0 bridgehead atoms. The molecular formula is C29H44ClN5O4. The van der Waals surface area contributed by atoms with Crippen LogP contribution in [0.1, 0.15) is 41.5 Å². The van der Waals surface area contributed by atoms with Crippen LogP contribution >= 0.6 is 11.6 Å². The van der Waals surface area contributed by atoms with Crippen LogP contribution in [0.2, 0.25) is 5.02 Å². The van der Waals surface area contributed by atoms with Gasteiger partial charge >= 0.3 is 0 Å². The smallest absolute Gasteiger partial charge is 0.211 e. The fourth-order valence-corrected chi connectivity index (χ4v) is 5.02. The van der Waals surface area contributed by atoms with Crippen molar-refractivity contribution in [1.29, 1.82) is 0 Å². The summed E-state index contributed by atoms with van der Waals surface area (Å²) in [5.74, 6) is 0. The normalized spacial score (nSPS) is 20.9. The number of nitrogens with zero attached hydrogens (tertiary/aromatic N) is 3. The number of ether oxygens (including phenoxy) is 2. The molecular weight excluding hydrogens is 518 g/mol. The third kappa shape index (κ3) is 10.2. The first-order chi connectivity index (χ1) is 18.6. The Hall–Kier alpha value is -2.56. The second-order valence-electron chi connectivity index (χ2n) is 10.2. The highest BCUT2D eigenvalue weighted by Crippen LogP contribution is 2.32. The van der Waals surface area contributed by atoms with Crippen molar-refractivity contribution >= 4 is 51.8 Å². The van der Waals surface area contributed by atoms with Gasteiger partial charge in [-0.15, -0.1) is 0 Å². The van der Waals surface area contributed by atoms with Gasteiger partial charge in [0, 0.05) is 48.2 Å². The lowest BCUT2D eigenvalue weighted by Gasteiger charge is -2.37. The SMILES string of the molecule is CC.CC1(C)CN(CC=O)CCO1.CC1CN(C)CC(C)O1.O=CNc1cc(Cl)cc2c1[nH]c1cnccc12. The van der Waals surface area contributed by atoms with E-state index in [2.05, 4.69) is 46.0 Å². The first kappa shape index (κ1) is 32.7. The molecule has 2 atom stereocenters. The molecule has 2 aliphatic heterocycles. The number of amides is 1. The number of aldehydes is 1. The lowest BCUT2D eigenvalue weighted by Crippen LogP contribution is -2.48. The van der Waals surface area contributed by atoms with Crippen LogP contribution in [0.3, 0.4) is 0 Å². The van der Waals surface area contributed by atoms with Gasteiger partial charge in [0.1, 0.15) is 6.29 Å². The van der Waals surface area contributed by atoms with Gasteiger partial charge in [-0.2, -0.15) is 0 Å². The Morgan fingerprint density at radius 3 is 2.46 bits per heavy atom. The molecule has 0 spiro atoms. The summed E-state index contributed by atoms with van der Waals surface area (Å²) < 4.78 is 11.0. The maximum atomic E-state index is 10.6. The van der Waals surface area contributed by atoms with Gasteiger partial charge in [-0.3, -0.25) is 14.7 Å². The molecule has 0 saturated carbocycles. The molecule has 2 fully saturated rings. The lowest BCUT2D eigenvalue weighted by atomic mass is 10.1. The van der Waals surface area contributed by atoms with Crippen LogP contribution in [0, 0.1) is 0 Å². The van der Waals surface area contributed by atoms with Crippen molar-refractivity contribution in [2.24, 2.45) is 0 Å². The molecule has 9 nitrogen and oxygen atoms in total. The molecule has 5 rings (SSSR count). The molecule has 1 aromatic carbocycles. The van der Waals surface area contributed by atoms with E-state index in [0.29, 0.717) is 35.9 Å². The van der Waals surface area contributed by atoms with Gasteiger partial charge in [0.25, 0.3) is 0 Å². The van der Waals surface area contributed by atoms with Gasteiger partial charge < -0.3 is 29.5 Å². The number of halogens is 1. The first-order valence-corrected chi connectivity index (χ1v) is 13.9. The number of morpholine rings is 2. The van der Waals surface area contributed by atoms with Gasteiger partial charge in [-0.25, -0.2) is 0 Å². The summed E-state index contributed by atoms with van der Waals surface area (Å²) in [7, 11) is 2.13. The zero-order chi connectivity index (χ0) is 29.0. The summed E-state index contributed by atoms with van der Waals surface area (Å²) in [6.07, 6.45) is 5.88. The molecule has 216 valence electrons. The van der Waals surface area contributed by atoms with Crippen molar-refractivity contribution in [3.63, 3.8) is 0 Å². The molecule has 1 amide bonds. The van der Waals surface area contributed by atoms with Gasteiger partial charge in [-0.1, -0.05) is 25.4 Å². The minimum atomic E-state index is -0.0821. The Balaban J connectivity index is 0.000000211. The summed E-state index contributed by atoms with van der Waals surface area (Å²) in [6.45, 7) is 17.5. The van der Waals surface area contributed by atoms with Crippen molar-refractivity contribution in [1.82, 2.24) is 19.8 Å². The van der Waals surface area contributed by atoms with Crippen molar-refractivity contribution in [2.75, 3.05) is 51.7 Å². The number of hydrogen-bond acceptors (Lipinski definition) is 7. The number of H-pyrrole nitrogens is 1. The van der Waals surface area contributed by atoms with E-state index in [1.165, 1.54) is 0 Å². The molecule has 4 heterocycles. The number of aromatic amines is 1. The Labute approximate surface area is 237 Å². The monoisotopic (exact) mass is 561 g/mol. The number of hydrogen-bond donors (Lipinski definition) is 2. The number of aromatic nitrogens is 2. The molecule has 2 aromatic heterocycles. The van der Waals surface area contributed by atoms with Gasteiger partial charge in [0.2, 0.25) is 6.41 Å². The third-order valence-electron chi connectivity index (χ3n) is 6.13. The Kier molecular flexibility index (Phi) is 13.3. The fourth-order valence-electron chi connectivity index (χ4n) is 4.81. The lowest BCUT2D eigenvalue weighted by molar-refractivity contribution is -0.115. The van der Waals surface area contributed by atoms with Crippen LogP contribution < -0.4 is 5.32 Å². The van der Waals surface area contributed by atoms with Crippen molar-refractivity contribution in [3.05, 3.63) is 35.6 Å². The molecule has 0 radical (unpaired) electrons. The van der Waals surface area contributed by atoms with E-state index in [-0.39, 0.29) is 5.60 Å². The van der Waals surface area contributed by atoms with Gasteiger partial charge in [0.05, 0.1) is 53.9 Å².